The maximum atomic E-state index is 12.7. The lowest BCUT2D eigenvalue weighted by atomic mass is 10.1. The van der Waals surface area contributed by atoms with Gasteiger partial charge in [-0.25, -0.2) is 14.7 Å². The zero-order valence-corrected chi connectivity index (χ0v) is 16.1. The third-order valence-corrected chi connectivity index (χ3v) is 4.36. The minimum Gasteiger partial charge on any atom is -0.462 e. The SMILES string of the molecule is CCOC(=O)c1c(C)[nH]c(C)c1C(=O)COC(=O)c1n[nH]c(=O)c2ccccc12. The van der Waals surface area contributed by atoms with Crippen molar-refractivity contribution in [1.82, 2.24) is 15.2 Å². The van der Waals surface area contributed by atoms with E-state index < -0.39 is 29.9 Å². The molecule has 29 heavy (non-hydrogen) atoms. The van der Waals surface area contributed by atoms with Crippen LogP contribution in [-0.4, -0.2) is 46.1 Å². The summed E-state index contributed by atoms with van der Waals surface area (Å²) < 4.78 is 10.1. The number of carbonyl (C=O) groups is 3. The Morgan fingerprint density at radius 3 is 2.31 bits per heavy atom. The van der Waals surface area contributed by atoms with Gasteiger partial charge in [-0.3, -0.25) is 9.59 Å². The molecule has 0 fully saturated rings. The Bertz CT molecular complexity index is 1170. The molecule has 2 heterocycles. The highest BCUT2D eigenvalue weighted by atomic mass is 16.5. The first kappa shape index (κ1) is 20.0. The highest BCUT2D eigenvalue weighted by molar-refractivity contribution is 6.10. The predicted molar refractivity (Wildman–Crippen MR) is 103 cm³/mol. The zero-order chi connectivity index (χ0) is 21.1. The predicted octanol–water partition coefficient (Wildman–Crippen LogP) is 2.08. The number of aromatic amines is 2. The minimum atomic E-state index is -0.867. The monoisotopic (exact) mass is 397 g/mol. The number of H-pyrrole nitrogens is 2. The number of hydrogen-bond donors (Lipinski definition) is 2. The van der Waals surface area contributed by atoms with Gasteiger partial charge in [0.25, 0.3) is 5.56 Å². The smallest absolute Gasteiger partial charge is 0.359 e. The van der Waals surface area contributed by atoms with Crippen molar-refractivity contribution >= 4 is 28.5 Å². The molecule has 2 N–H and O–H groups in total. The number of Topliss-reactive ketones (excluding diaryl/α,β-unsaturated/α-hetero) is 1. The second-order valence-corrected chi connectivity index (χ2v) is 6.29. The summed E-state index contributed by atoms with van der Waals surface area (Å²) in [5.41, 5.74) is 0.653. The number of ether oxygens (including phenoxy) is 2. The molecule has 3 rings (SSSR count). The highest BCUT2D eigenvalue weighted by Gasteiger charge is 2.26. The Morgan fingerprint density at radius 2 is 1.62 bits per heavy atom. The van der Waals surface area contributed by atoms with Crippen molar-refractivity contribution in [2.24, 2.45) is 0 Å². The third kappa shape index (κ3) is 3.79. The molecule has 0 unspecified atom stereocenters. The minimum absolute atomic E-state index is 0.111. The Balaban J connectivity index is 1.84. The molecule has 0 atom stereocenters. The Morgan fingerprint density at radius 1 is 0.966 bits per heavy atom. The lowest BCUT2D eigenvalue weighted by Gasteiger charge is -2.08. The molecule has 3 aromatic rings. The van der Waals surface area contributed by atoms with Crippen LogP contribution in [0.5, 0.6) is 0 Å². The van der Waals surface area contributed by atoms with Gasteiger partial charge in [0.1, 0.15) is 0 Å². The van der Waals surface area contributed by atoms with E-state index in [1.807, 2.05) is 0 Å². The summed E-state index contributed by atoms with van der Waals surface area (Å²) in [7, 11) is 0. The second kappa shape index (κ2) is 8.09. The van der Waals surface area contributed by atoms with Gasteiger partial charge in [0.15, 0.2) is 12.3 Å². The van der Waals surface area contributed by atoms with Crippen LogP contribution in [0.2, 0.25) is 0 Å². The van der Waals surface area contributed by atoms with Crippen LogP contribution >= 0.6 is 0 Å². The second-order valence-electron chi connectivity index (χ2n) is 6.29. The molecule has 0 bridgehead atoms. The molecule has 150 valence electrons. The number of aromatic nitrogens is 3. The number of carbonyl (C=O) groups excluding carboxylic acids is 3. The summed E-state index contributed by atoms with van der Waals surface area (Å²) >= 11 is 0. The van der Waals surface area contributed by atoms with Crippen LogP contribution in [0.4, 0.5) is 0 Å². The molecular formula is C20H19N3O6. The van der Waals surface area contributed by atoms with Gasteiger partial charge in [0.2, 0.25) is 5.78 Å². The summed E-state index contributed by atoms with van der Waals surface area (Å²) in [6, 6.07) is 6.43. The Kier molecular flexibility index (Phi) is 5.58. The van der Waals surface area contributed by atoms with Crippen molar-refractivity contribution in [2.45, 2.75) is 20.8 Å². The molecule has 2 aromatic heterocycles. The van der Waals surface area contributed by atoms with Gasteiger partial charge in [0.05, 0.1) is 23.1 Å². The van der Waals surface area contributed by atoms with E-state index in [4.69, 9.17) is 9.47 Å². The van der Waals surface area contributed by atoms with Crippen LogP contribution in [0.25, 0.3) is 10.8 Å². The van der Waals surface area contributed by atoms with Gasteiger partial charge in [-0.1, -0.05) is 18.2 Å². The number of aryl methyl sites for hydroxylation is 2. The zero-order valence-electron chi connectivity index (χ0n) is 16.1. The highest BCUT2D eigenvalue weighted by Crippen LogP contribution is 2.21. The van der Waals surface area contributed by atoms with E-state index >= 15 is 0 Å². The summed E-state index contributed by atoms with van der Waals surface area (Å²) in [6.07, 6.45) is 0. The van der Waals surface area contributed by atoms with E-state index in [2.05, 4.69) is 15.2 Å². The number of hydrogen-bond acceptors (Lipinski definition) is 7. The Hall–Kier alpha value is -3.75. The number of nitrogens with zero attached hydrogens (tertiary/aromatic N) is 1. The van der Waals surface area contributed by atoms with Crippen molar-refractivity contribution in [3.63, 3.8) is 0 Å². The molecule has 9 heteroatoms. The molecule has 9 nitrogen and oxygen atoms in total. The van der Waals surface area contributed by atoms with E-state index in [1.54, 1.807) is 45.0 Å². The molecule has 0 radical (unpaired) electrons. The molecule has 0 saturated heterocycles. The van der Waals surface area contributed by atoms with Crippen LogP contribution in [0.15, 0.2) is 29.1 Å². The first-order chi connectivity index (χ1) is 13.8. The van der Waals surface area contributed by atoms with Crippen LogP contribution in [0, 0.1) is 13.8 Å². The Labute approximate surface area is 165 Å². The molecule has 0 amide bonds. The van der Waals surface area contributed by atoms with Crippen molar-refractivity contribution < 1.29 is 23.9 Å². The van der Waals surface area contributed by atoms with E-state index in [-0.39, 0.29) is 28.8 Å². The van der Waals surface area contributed by atoms with Crippen molar-refractivity contribution in [3.8, 4) is 0 Å². The summed E-state index contributed by atoms with van der Waals surface area (Å²) in [5.74, 6) is -2.05. The first-order valence-corrected chi connectivity index (χ1v) is 8.89. The topological polar surface area (TPSA) is 131 Å². The van der Waals surface area contributed by atoms with Gasteiger partial charge >= 0.3 is 11.9 Å². The number of fused-ring (bicyclic) bond motifs is 1. The van der Waals surface area contributed by atoms with Gasteiger partial charge in [-0.15, -0.1) is 0 Å². The van der Waals surface area contributed by atoms with Crippen LogP contribution in [-0.2, 0) is 9.47 Å². The van der Waals surface area contributed by atoms with Crippen molar-refractivity contribution in [1.29, 1.82) is 0 Å². The fourth-order valence-electron chi connectivity index (χ4n) is 3.13. The molecule has 1 aromatic carbocycles. The number of ketones is 1. The van der Waals surface area contributed by atoms with E-state index in [9.17, 15) is 19.2 Å². The standard InChI is InChI=1S/C20H19N3O6/c1-4-28-19(26)16-11(3)21-10(2)15(16)14(24)9-29-20(27)17-12-7-5-6-8-13(12)18(25)23-22-17/h5-8,21H,4,9H2,1-3H3,(H,23,25). The third-order valence-electron chi connectivity index (χ3n) is 4.36. The summed E-state index contributed by atoms with van der Waals surface area (Å²) in [5, 5.41) is 6.58. The molecule has 0 aliphatic rings. The van der Waals surface area contributed by atoms with E-state index in [0.717, 1.165) is 0 Å². The maximum Gasteiger partial charge on any atom is 0.359 e. The average Bonchev–Trinajstić information content (AvgIpc) is 3.00. The van der Waals surface area contributed by atoms with Crippen LogP contribution < -0.4 is 5.56 Å². The van der Waals surface area contributed by atoms with E-state index in [0.29, 0.717) is 16.8 Å². The summed E-state index contributed by atoms with van der Waals surface area (Å²) in [4.78, 5) is 52.1. The molecule has 0 saturated carbocycles. The number of benzene rings is 1. The van der Waals surface area contributed by atoms with Gasteiger partial charge in [-0.05, 0) is 26.8 Å². The van der Waals surface area contributed by atoms with E-state index in [1.165, 1.54) is 0 Å². The van der Waals surface area contributed by atoms with Crippen molar-refractivity contribution in [3.05, 3.63) is 62.8 Å². The summed E-state index contributed by atoms with van der Waals surface area (Å²) in [6.45, 7) is 4.52. The fourth-order valence-corrected chi connectivity index (χ4v) is 3.13. The number of rotatable bonds is 6. The fraction of sp³-hybridized carbons (Fsp3) is 0.250. The first-order valence-electron chi connectivity index (χ1n) is 8.89. The lowest BCUT2D eigenvalue weighted by Crippen LogP contribution is -2.20. The molecule has 0 aliphatic heterocycles. The maximum absolute atomic E-state index is 12.7. The molecule has 0 spiro atoms. The van der Waals surface area contributed by atoms with Crippen molar-refractivity contribution in [2.75, 3.05) is 13.2 Å². The van der Waals surface area contributed by atoms with Gasteiger partial charge < -0.3 is 14.5 Å². The molecule has 0 aliphatic carbocycles. The lowest BCUT2D eigenvalue weighted by molar-refractivity contribution is 0.0467. The number of nitrogens with one attached hydrogen (secondary N) is 2. The van der Waals surface area contributed by atoms with Crippen LogP contribution in [0.1, 0.15) is 49.5 Å². The van der Waals surface area contributed by atoms with Crippen LogP contribution in [0.3, 0.4) is 0 Å². The quantitative estimate of drug-likeness (QED) is 0.481. The van der Waals surface area contributed by atoms with Gasteiger partial charge in [-0.2, -0.15) is 5.10 Å². The van der Waals surface area contributed by atoms with Gasteiger partial charge in [0, 0.05) is 16.8 Å². The largest absolute Gasteiger partial charge is 0.462 e. The normalized spacial score (nSPS) is 10.7. The molecular weight excluding hydrogens is 378 g/mol. The average molecular weight is 397 g/mol. The number of esters is 2.